The molecule has 6 nitrogen and oxygen atoms in total. The third-order valence-electron chi connectivity index (χ3n) is 3.82. The Kier molecular flexibility index (Phi) is 6.38. The minimum atomic E-state index is 0.00129. The third kappa shape index (κ3) is 5.16. The minimum Gasteiger partial charge on any atom is -0.494 e. The van der Waals surface area contributed by atoms with E-state index < -0.39 is 0 Å². The van der Waals surface area contributed by atoms with Crippen molar-refractivity contribution in [2.24, 2.45) is 0 Å². The maximum Gasteiger partial charge on any atom is 0.220 e. The molecule has 0 bridgehead atoms. The molecule has 1 aromatic carbocycles. The highest BCUT2D eigenvalue weighted by Gasteiger charge is 2.06. The summed E-state index contributed by atoms with van der Waals surface area (Å²) in [7, 11) is 0. The van der Waals surface area contributed by atoms with Crippen LogP contribution < -0.4 is 10.1 Å². The van der Waals surface area contributed by atoms with Crippen molar-refractivity contribution in [2.45, 2.75) is 32.7 Å². The summed E-state index contributed by atoms with van der Waals surface area (Å²) < 4.78 is 7.27. The van der Waals surface area contributed by atoms with Gasteiger partial charge in [-0.05, 0) is 42.0 Å². The van der Waals surface area contributed by atoms with E-state index >= 15 is 0 Å². The second-order valence-corrected chi connectivity index (χ2v) is 6.69. The van der Waals surface area contributed by atoms with Crippen molar-refractivity contribution in [3.8, 4) is 11.4 Å². The topological polar surface area (TPSA) is 69.0 Å². The second kappa shape index (κ2) is 9.15. The number of hydrogen-bond donors (Lipinski definition) is 1. The van der Waals surface area contributed by atoms with Gasteiger partial charge in [0.2, 0.25) is 5.91 Å². The van der Waals surface area contributed by atoms with E-state index in [1.165, 1.54) is 0 Å². The van der Waals surface area contributed by atoms with E-state index in [1.54, 1.807) is 16.0 Å². The smallest absolute Gasteiger partial charge is 0.220 e. The number of carbonyl (C=O) groups is 1. The van der Waals surface area contributed by atoms with Crippen molar-refractivity contribution < 1.29 is 9.53 Å². The number of nitrogens with one attached hydrogen (secondary N) is 1. The molecule has 1 N–H and O–H groups in total. The Balaban J connectivity index is 1.41. The lowest BCUT2D eigenvalue weighted by molar-refractivity contribution is -0.121. The van der Waals surface area contributed by atoms with E-state index in [9.17, 15) is 4.79 Å². The summed E-state index contributed by atoms with van der Waals surface area (Å²) in [5.74, 6) is 0.871. The highest BCUT2D eigenvalue weighted by Crippen LogP contribution is 2.14. The van der Waals surface area contributed by atoms with Gasteiger partial charge in [-0.15, -0.1) is 5.10 Å². The molecule has 0 saturated carbocycles. The van der Waals surface area contributed by atoms with E-state index in [2.05, 4.69) is 22.6 Å². The van der Waals surface area contributed by atoms with E-state index in [0.29, 0.717) is 19.4 Å². The van der Waals surface area contributed by atoms with E-state index in [4.69, 9.17) is 4.74 Å². The number of aryl methyl sites for hydroxylation is 1. The molecule has 2 aromatic heterocycles. The molecular weight excluding hydrogens is 348 g/mol. The lowest BCUT2D eigenvalue weighted by atomic mass is 10.1. The Labute approximate surface area is 156 Å². The molecule has 136 valence electrons. The van der Waals surface area contributed by atoms with Crippen molar-refractivity contribution in [2.75, 3.05) is 6.61 Å². The molecule has 0 atom stereocenters. The number of ether oxygens (including phenoxy) is 1. The Morgan fingerprint density at radius 3 is 2.85 bits per heavy atom. The van der Waals surface area contributed by atoms with Crippen LogP contribution in [0.1, 0.15) is 31.0 Å². The summed E-state index contributed by atoms with van der Waals surface area (Å²) in [4.78, 5) is 12.0. The summed E-state index contributed by atoms with van der Waals surface area (Å²) in [6.45, 7) is 3.18. The maximum atomic E-state index is 12.0. The van der Waals surface area contributed by atoms with Gasteiger partial charge in [-0.25, -0.2) is 4.68 Å². The van der Waals surface area contributed by atoms with Gasteiger partial charge in [-0.3, -0.25) is 4.79 Å². The molecule has 3 aromatic rings. The first-order chi connectivity index (χ1) is 12.7. The van der Waals surface area contributed by atoms with E-state index in [1.807, 2.05) is 47.3 Å². The zero-order valence-electron chi connectivity index (χ0n) is 14.7. The number of hydrogen-bond acceptors (Lipinski definition) is 5. The molecule has 3 rings (SSSR count). The minimum absolute atomic E-state index is 0.00129. The predicted molar refractivity (Wildman–Crippen MR) is 102 cm³/mol. The van der Waals surface area contributed by atoms with Gasteiger partial charge >= 0.3 is 0 Å². The first-order valence-electron chi connectivity index (χ1n) is 8.67. The molecular formula is C19H22N4O2S. The van der Waals surface area contributed by atoms with Crippen LogP contribution in [-0.4, -0.2) is 27.5 Å². The zero-order valence-corrected chi connectivity index (χ0v) is 15.5. The largest absolute Gasteiger partial charge is 0.494 e. The molecule has 7 heteroatoms. The van der Waals surface area contributed by atoms with Crippen molar-refractivity contribution in [1.29, 1.82) is 0 Å². The Bertz CT molecular complexity index is 812. The van der Waals surface area contributed by atoms with Crippen LogP contribution in [0, 0.1) is 0 Å². The average molecular weight is 370 g/mol. The Morgan fingerprint density at radius 2 is 2.12 bits per heavy atom. The number of rotatable bonds is 9. The summed E-state index contributed by atoms with van der Waals surface area (Å²) >= 11 is 1.60. The van der Waals surface area contributed by atoms with Gasteiger partial charge in [0.15, 0.2) is 0 Å². The fourth-order valence-electron chi connectivity index (χ4n) is 2.40. The van der Waals surface area contributed by atoms with Gasteiger partial charge in [0.1, 0.15) is 11.4 Å². The number of carbonyl (C=O) groups excluding carboxylic acids is 1. The molecule has 0 radical (unpaired) electrons. The first-order valence-corrected chi connectivity index (χ1v) is 9.61. The first kappa shape index (κ1) is 18.1. The molecule has 0 aliphatic rings. The number of aromatic nitrogens is 3. The van der Waals surface area contributed by atoms with Gasteiger partial charge in [-0.2, -0.15) is 11.3 Å². The standard InChI is InChI=1S/C19H22N4O2S/c1-2-10-25-18-6-3-15(4-7-18)5-8-19(24)20-12-16-13-23(22-21-16)17-9-11-26-14-17/h3-4,6-7,9,11,13-14H,2,5,8,10,12H2,1H3,(H,20,24). The van der Waals surface area contributed by atoms with Crippen LogP contribution in [0.25, 0.3) is 5.69 Å². The molecule has 1 amide bonds. The number of thiophene rings is 1. The maximum absolute atomic E-state index is 12.0. The van der Waals surface area contributed by atoms with Crippen molar-refractivity contribution in [3.05, 3.63) is 58.5 Å². The van der Waals surface area contributed by atoms with Crippen LogP contribution in [0.3, 0.4) is 0 Å². The van der Waals surface area contributed by atoms with Gasteiger partial charge in [0, 0.05) is 11.8 Å². The van der Waals surface area contributed by atoms with Gasteiger partial charge < -0.3 is 10.1 Å². The highest BCUT2D eigenvalue weighted by atomic mass is 32.1. The van der Waals surface area contributed by atoms with Gasteiger partial charge in [0.05, 0.1) is 25.0 Å². The molecule has 0 aliphatic heterocycles. The quantitative estimate of drug-likeness (QED) is 0.627. The summed E-state index contributed by atoms with van der Waals surface area (Å²) in [5, 5.41) is 15.0. The predicted octanol–water partition coefficient (Wildman–Crippen LogP) is 3.37. The van der Waals surface area contributed by atoms with Crippen molar-refractivity contribution in [3.63, 3.8) is 0 Å². The molecule has 0 spiro atoms. The van der Waals surface area contributed by atoms with E-state index in [-0.39, 0.29) is 5.91 Å². The van der Waals surface area contributed by atoms with Crippen LogP contribution in [-0.2, 0) is 17.8 Å². The summed E-state index contributed by atoms with van der Waals surface area (Å²) in [6, 6.07) is 9.88. The Morgan fingerprint density at radius 1 is 1.27 bits per heavy atom. The second-order valence-electron chi connectivity index (χ2n) is 5.91. The van der Waals surface area contributed by atoms with Crippen LogP contribution >= 0.6 is 11.3 Å². The van der Waals surface area contributed by atoms with Crippen LogP contribution in [0.2, 0.25) is 0 Å². The number of amides is 1. The van der Waals surface area contributed by atoms with Gasteiger partial charge in [-0.1, -0.05) is 24.3 Å². The SMILES string of the molecule is CCCOc1ccc(CCC(=O)NCc2cn(-c3ccsc3)nn2)cc1. The Hall–Kier alpha value is -2.67. The number of benzene rings is 1. The average Bonchev–Trinajstić information content (AvgIpc) is 3.35. The molecule has 26 heavy (non-hydrogen) atoms. The highest BCUT2D eigenvalue weighted by molar-refractivity contribution is 7.08. The molecule has 0 saturated heterocycles. The fraction of sp³-hybridized carbons (Fsp3) is 0.316. The molecule has 0 fully saturated rings. The molecule has 0 aliphatic carbocycles. The summed E-state index contributed by atoms with van der Waals surface area (Å²) in [6.07, 6.45) is 3.95. The van der Waals surface area contributed by atoms with Crippen molar-refractivity contribution >= 4 is 17.2 Å². The van der Waals surface area contributed by atoms with E-state index in [0.717, 1.165) is 35.7 Å². The normalized spacial score (nSPS) is 10.7. The fourth-order valence-corrected chi connectivity index (χ4v) is 3.02. The lowest BCUT2D eigenvalue weighted by Gasteiger charge is -2.06. The summed E-state index contributed by atoms with van der Waals surface area (Å²) in [5.41, 5.74) is 2.83. The lowest BCUT2D eigenvalue weighted by Crippen LogP contribution is -2.23. The van der Waals surface area contributed by atoms with Crippen LogP contribution in [0.15, 0.2) is 47.3 Å². The molecule has 2 heterocycles. The monoisotopic (exact) mass is 370 g/mol. The number of nitrogens with zero attached hydrogens (tertiary/aromatic N) is 3. The third-order valence-corrected chi connectivity index (χ3v) is 4.49. The van der Waals surface area contributed by atoms with Crippen LogP contribution in [0.5, 0.6) is 5.75 Å². The molecule has 0 unspecified atom stereocenters. The van der Waals surface area contributed by atoms with Crippen molar-refractivity contribution in [1.82, 2.24) is 20.3 Å². The zero-order chi connectivity index (χ0) is 18.2. The van der Waals surface area contributed by atoms with Crippen LogP contribution in [0.4, 0.5) is 0 Å². The van der Waals surface area contributed by atoms with Gasteiger partial charge in [0.25, 0.3) is 0 Å².